The minimum atomic E-state index is -0.0448. The second-order valence-electron chi connectivity index (χ2n) is 5.13. The van der Waals surface area contributed by atoms with E-state index in [0.717, 1.165) is 30.8 Å². The van der Waals surface area contributed by atoms with Crippen LogP contribution >= 0.6 is 0 Å². The third-order valence-electron chi connectivity index (χ3n) is 3.60. The molecule has 3 aromatic rings. The van der Waals surface area contributed by atoms with Gasteiger partial charge < -0.3 is 15.3 Å². The van der Waals surface area contributed by atoms with E-state index >= 15 is 0 Å². The molecule has 1 aromatic carbocycles. The van der Waals surface area contributed by atoms with Gasteiger partial charge >= 0.3 is 0 Å². The molecule has 2 aromatic heterocycles. The summed E-state index contributed by atoms with van der Waals surface area (Å²) in [6.45, 7) is 0.847. The third-order valence-corrected chi connectivity index (χ3v) is 3.60. The van der Waals surface area contributed by atoms with Crippen LogP contribution in [0, 0.1) is 0 Å². The molecule has 3 rings (SSSR count). The highest BCUT2D eigenvalue weighted by Gasteiger charge is 2.12. The summed E-state index contributed by atoms with van der Waals surface area (Å²) in [5, 5.41) is 0. The zero-order valence-electron chi connectivity index (χ0n) is 11.8. The van der Waals surface area contributed by atoms with Gasteiger partial charge in [-0.15, -0.1) is 0 Å². The summed E-state index contributed by atoms with van der Waals surface area (Å²) >= 11 is 0. The standard InChI is InChI=1S/C16H19N5/c17-15(8-13-4-2-1-3-5-13)16-10-19-12-21(16)7-6-14-9-18-11-20-14/h1-5,9-12,15H,6-8,17H2,(H,18,20)/t15-/m1/s1. The molecule has 0 saturated heterocycles. The molecule has 3 N–H and O–H groups in total. The van der Waals surface area contributed by atoms with Crippen LogP contribution in [0.5, 0.6) is 0 Å². The largest absolute Gasteiger partial charge is 0.348 e. The second kappa shape index (κ2) is 6.37. The number of imidazole rings is 2. The van der Waals surface area contributed by atoms with E-state index in [1.165, 1.54) is 5.56 Å². The average molecular weight is 281 g/mol. The van der Waals surface area contributed by atoms with Crippen molar-refractivity contribution in [3.05, 3.63) is 72.3 Å². The molecule has 2 heterocycles. The summed E-state index contributed by atoms with van der Waals surface area (Å²) < 4.78 is 2.12. The lowest BCUT2D eigenvalue weighted by Crippen LogP contribution is -2.18. The maximum Gasteiger partial charge on any atom is 0.0948 e. The molecule has 0 aliphatic carbocycles. The summed E-state index contributed by atoms with van der Waals surface area (Å²) in [6.07, 6.45) is 8.96. The Kier molecular flexibility index (Phi) is 4.12. The number of nitrogens with zero attached hydrogens (tertiary/aromatic N) is 3. The van der Waals surface area contributed by atoms with Gasteiger partial charge in [0.25, 0.3) is 0 Å². The first-order valence-electron chi connectivity index (χ1n) is 7.09. The Labute approximate surface area is 123 Å². The number of aryl methyl sites for hydroxylation is 2. The number of nitrogens with two attached hydrogens (primary N) is 1. The molecule has 1 atom stereocenters. The Morgan fingerprint density at radius 1 is 1.14 bits per heavy atom. The lowest BCUT2D eigenvalue weighted by molar-refractivity contribution is 0.594. The van der Waals surface area contributed by atoms with Crippen molar-refractivity contribution in [2.75, 3.05) is 0 Å². The molecule has 0 aliphatic rings. The van der Waals surface area contributed by atoms with Crippen molar-refractivity contribution in [2.24, 2.45) is 5.73 Å². The summed E-state index contributed by atoms with van der Waals surface area (Å²) in [7, 11) is 0. The van der Waals surface area contributed by atoms with Gasteiger partial charge in [0.15, 0.2) is 0 Å². The van der Waals surface area contributed by atoms with Crippen LogP contribution in [0.15, 0.2) is 55.4 Å². The van der Waals surface area contributed by atoms with Gasteiger partial charge in [0, 0.05) is 31.1 Å². The second-order valence-corrected chi connectivity index (χ2v) is 5.13. The first-order chi connectivity index (χ1) is 10.3. The van der Waals surface area contributed by atoms with Crippen LogP contribution in [0.3, 0.4) is 0 Å². The van der Waals surface area contributed by atoms with Crippen LogP contribution in [0.4, 0.5) is 0 Å². The molecule has 0 amide bonds. The highest BCUT2D eigenvalue weighted by molar-refractivity contribution is 5.18. The van der Waals surface area contributed by atoms with E-state index in [-0.39, 0.29) is 6.04 Å². The van der Waals surface area contributed by atoms with Gasteiger partial charge in [0.05, 0.1) is 24.4 Å². The van der Waals surface area contributed by atoms with Crippen LogP contribution in [0.1, 0.15) is 23.0 Å². The Morgan fingerprint density at radius 2 is 2.00 bits per heavy atom. The van der Waals surface area contributed by atoms with E-state index in [4.69, 9.17) is 5.73 Å². The minimum Gasteiger partial charge on any atom is -0.348 e. The van der Waals surface area contributed by atoms with Crippen LogP contribution in [-0.4, -0.2) is 19.5 Å². The number of aromatic nitrogens is 4. The maximum atomic E-state index is 6.34. The van der Waals surface area contributed by atoms with E-state index < -0.39 is 0 Å². The van der Waals surface area contributed by atoms with E-state index in [0.29, 0.717) is 0 Å². The summed E-state index contributed by atoms with van der Waals surface area (Å²) in [5.41, 5.74) is 9.77. The summed E-state index contributed by atoms with van der Waals surface area (Å²) in [6, 6.07) is 10.3. The smallest absolute Gasteiger partial charge is 0.0948 e. The topological polar surface area (TPSA) is 72.5 Å². The minimum absolute atomic E-state index is 0.0448. The van der Waals surface area contributed by atoms with Gasteiger partial charge in [-0.1, -0.05) is 30.3 Å². The normalized spacial score (nSPS) is 12.4. The fourth-order valence-corrected chi connectivity index (χ4v) is 2.46. The van der Waals surface area contributed by atoms with Crippen molar-refractivity contribution >= 4 is 0 Å². The molecule has 108 valence electrons. The quantitative estimate of drug-likeness (QED) is 0.726. The van der Waals surface area contributed by atoms with Crippen LogP contribution in [-0.2, 0) is 19.4 Å². The molecular weight excluding hydrogens is 262 g/mol. The number of nitrogens with one attached hydrogen (secondary N) is 1. The van der Waals surface area contributed by atoms with Crippen LogP contribution in [0.25, 0.3) is 0 Å². The molecule has 0 spiro atoms. The highest BCUT2D eigenvalue weighted by Crippen LogP contribution is 2.16. The third kappa shape index (κ3) is 3.38. The molecule has 0 aliphatic heterocycles. The molecule has 0 unspecified atom stereocenters. The van der Waals surface area contributed by atoms with Gasteiger partial charge in [-0.25, -0.2) is 9.97 Å². The number of aromatic amines is 1. The summed E-state index contributed by atoms with van der Waals surface area (Å²) in [4.78, 5) is 11.4. The van der Waals surface area contributed by atoms with Crippen molar-refractivity contribution in [1.29, 1.82) is 0 Å². The molecule has 0 bridgehead atoms. The van der Waals surface area contributed by atoms with Gasteiger partial charge in [-0.3, -0.25) is 0 Å². The van der Waals surface area contributed by atoms with E-state index in [2.05, 4.69) is 31.7 Å². The monoisotopic (exact) mass is 281 g/mol. The average Bonchev–Trinajstić information content (AvgIpc) is 3.17. The van der Waals surface area contributed by atoms with Crippen LogP contribution < -0.4 is 5.73 Å². The lowest BCUT2D eigenvalue weighted by Gasteiger charge is -2.14. The van der Waals surface area contributed by atoms with Gasteiger partial charge in [0.1, 0.15) is 0 Å². The molecule has 5 nitrogen and oxygen atoms in total. The van der Waals surface area contributed by atoms with E-state index in [1.54, 1.807) is 6.33 Å². The van der Waals surface area contributed by atoms with Crippen LogP contribution in [0.2, 0.25) is 0 Å². The number of rotatable bonds is 6. The first-order valence-corrected chi connectivity index (χ1v) is 7.09. The van der Waals surface area contributed by atoms with Crippen molar-refractivity contribution in [2.45, 2.75) is 25.4 Å². The highest BCUT2D eigenvalue weighted by atomic mass is 15.1. The van der Waals surface area contributed by atoms with E-state index in [9.17, 15) is 0 Å². The number of benzene rings is 1. The first kappa shape index (κ1) is 13.6. The number of hydrogen-bond donors (Lipinski definition) is 2. The Morgan fingerprint density at radius 3 is 2.76 bits per heavy atom. The zero-order chi connectivity index (χ0) is 14.5. The predicted octanol–water partition coefficient (Wildman–Crippen LogP) is 2.09. The van der Waals surface area contributed by atoms with Gasteiger partial charge in [-0.2, -0.15) is 0 Å². The Bertz CT molecular complexity index is 657. The summed E-state index contributed by atoms with van der Waals surface area (Å²) in [5.74, 6) is 0. The molecule has 21 heavy (non-hydrogen) atoms. The fourth-order valence-electron chi connectivity index (χ4n) is 2.46. The van der Waals surface area contributed by atoms with Crippen molar-refractivity contribution in [3.63, 3.8) is 0 Å². The Hall–Kier alpha value is -2.40. The lowest BCUT2D eigenvalue weighted by atomic mass is 10.0. The van der Waals surface area contributed by atoms with Crippen molar-refractivity contribution < 1.29 is 0 Å². The van der Waals surface area contributed by atoms with E-state index in [1.807, 2.05) is 36.9 Å². The molecule has 0 saturated carbocycles. The van der Waals surface area contributed by atoms with Crippen molar-refractivity contribution in [1.82, 2.24) is 19.5 Å². The number of H-pyrrole nitrogens is 1. The van der Waals surface area contributed by atoms with Crippen molar-refractivity contribution in [3.8, 4) is 0 Å². The van der Waals surface area contributed by atoms with Gasteiger partial charge in [0.2, 0.25) is 0 Å². The fraction of sp³-hybridized carbons (Fsp3) is 0.250. The molecule has 0 radical (unpaired) electrons. The molecular formula is C16H19N5. The Balaban J connectivity index is 1.66. The molecule has 0 fully saturated rings. The zero-order valence-corrected chi connectivity index (χ0v) is 11.8. The number of hydrogen-bond acceptors (Lipinski definition) is 3. The molecule has 5 heteroatoms. The predicted molar refractivity (Wildman–Crippen MR) is 81.6 cm³/mol. The maximum absolute atomic E-state index is 6.34. The van der Waals surface area contributed by atoms with Gasteiger partial charge in [-0.05, 0) is 12.0 Å². The SMILES string of the molecule is N[C@H](Cc1ccccc1)c1cncn1CCc1cnc[nH]1.